The number of imide groups is 1. The van der Waals surface area contributed by atoms with Crippen LogP contribution in [-0.4, -0.2) is 44.0 Å². The lowest BCUT2D eigenvalue weighted by molar-refractivity contribution is -0.125. The molecule has 7 nitrogen and oxygen atoms in total. The second-order valence-electron chi connectivity index (χ2n) is 7.57. The highest BCUT2D eigenvalue weighted by Gasteiger charge is 2.36. The monoisotopic (exact) mass is 464 g/mol. The lowest BCUT2D eigenvalue weighted by atomic mass is 10.1. The van der Waals surface area contributed by atoms with Crippen LogP contribution in [0.5, 0.6) is 0 Å². The van der Waals surface area contributed by atoms with Gasteiger partial charge in [-0.1, -0.05) is 23.9 Å². The zero-order valence-corrected chi connectivity index (χ0v) is 18.8. The smallest absolute Gasteiger partial charge is 0.288 e. The van der Waals surface area contributed by atoms with E-state index < -0.39 is 5.25 Å². The van der Waals surface area contributed by atoms with Crippen LogP contribution in [0.1, 0.15) is 11.1 Å². The van der Waals surface area contributed by atoms with E-state index in [9.17, 15) is 18.8 Å². The van der Waals surface area contributed by atoms with Crippen LogP contribution >= 0.6 is 11.8 Å². The molecule has 0 spiro atoms. The van der Waals surface area contributed by atoms with Gasteiger partial charge in [-0.3, -0.25) is 24.0 Å². The van der Waals surface area contributed by atoms with Gasteiger partial charge in [-0.2, -0.15) is 5.10 Å². The molecule has 1 fully saturated rings. The standard InChI is InChI=1S/C24H21FN4O3S/c1-28-23(31)20(33-24(28)32)13-15-3-10-19(11-4-15)27-21(30)12-7-17-14-26-29(2)22(17)16-5-8-18(25)9-6-16/h3-12,14,20H,13H2,1-2H3,(H,27,30). The first kappa shape index (κ1) is 22.5. The Morgan fingerprint density at radius 3 is 2.45 bits per heavy atom. The van der Waals surface area contributed by atoms with Crippen LogP contribution in [0.2, 0.25) is 0 Å². The summed E-state index contributed by atoms with van der Waals surface area (Å²) in [6.45, 7) is 0. The Bertz CT molecular complexity index is 1240. The molecule has 1 atom stereocenters. The van der Waals surface area contributed by atoms with Crippen LogP contribution in [0.15, 0.2) is 60.8 Å². The summed E-state index contributed by atoms with van der Waals surface area (Å²) in [5.74, 6) is -0.828. The van der Waals surface area contributed by atoms with E-state index >= 15 is 0 Å². The Kier molecular flexibility index (Phi) is 6.41. The number of rotatable bonds is 6. The van der Waals surface area contributed by atoms with Crippen molar-refractivity contribution in [2.24, 2.45) is 7.05 Å². The van der Waals surface area contributed by atoms with E-state index in [4.69, 9.17) is 0 Å². The molecule has 3 aromatic rings. The molecule has 1 unspecified atom stereocenters. The number of nitrogens with one attached hydrogen (secondary N) is 1. The summed E-state index contributed by atoms with van der Waals surface area (Å²) in [6, 6.07) is 13.2. The maximum Gasteiger partial charge on any atom is 0.288 e. The van der Waals surface area contributed by atoms with Gasteiger partial charge in [0.15, 0.2) is 0 Å². The Morgan fingerprint density at radius 1 is 1.12 bits per heavy atom. The number of aryl methyl sites for hydroxylation is 1. The van der Waals surface area contributed by atoms with Gasteiger partial charge in [-0.05, 0) is 54.5 Å². The van der Waals surface area contributed by atoms with Gasteiger partial charge in [0.05, 0.1) is 17.1 Å². The van der Waals surface area contributed by atoms with Gasteiger partial charge in [-0.15, -0.1) is 0 Å². The van der Waals surface area contributed by atoms with Crippen LogP contribution < -0.4 is 5.32 Å². The predicted octanol–water partition coefficient (Wildman–Crippen LogP) is 4.11. The number of benzene rings is 2. The van der Waals surface area contributed by atoms with Gasteiger partial charge in [0.25, 0.3) is 5.24 Å². The van der Waals surface area contributed by atoms with Gasteiger partial charge in [0.1, 0.15) is 5.82 Å². The molecule has 1 saturated heterocycles. The summed E-state index contributed by atoms with van der Waals surface area (Å²) in [4.78, 5) is 37.2. The van der Waals surface area contributed by atoms with Gasteiger partial charge in [0, 0.05) is 37.0 Å². The summed E-state index contributed by atoms with van der Waals surface area (Å²) < 4.78 is 14.9. The van der Waals surface area contributed by atoms with E-state index in [0.717, 1.165) is 39.0 Å². The largest absolute Gasteiger partial charge is 0.323 e. The number of aromatic nitrogens is 2. The molecule has 33 heavy (non-hydrogen) atoms. The highest BCUT2D eigenvalue weighted by atomic mass is 32.2. The number of anilines is 1. The molecule has 3 amide bonds. The zero-order valence-electron chi connectivity index (χ0n) is 18.0. The summed E-state index contributed by atoms with van der Waals surface area (Å²) in [6.07, 6.45) is 5.15. The summed E-state index contributed by atoms with van der Waals surface area (Å²) >= 11 is 1.03. The van der Waals surface area contributed by atoms with E-state index in [2.05, 4.69) is 10.4 Å². The molecule has 168 valence electrons. The van der Waals surface area contributed by atoms with Gasteiger partial charge >= 0.3 is 0 Å². The maximum atomic E-state index is 13.2. The third-order valence-corrected chi connectivity index (χ3v) is 6.39. The first-order valence-electron chi connectivity index (χ1n) is 10.2. The van der Waals surface area contributed by atoms with Crippen molar-refractivity contribution in [1.29, 1.82) is 0 Å². The molecule has 0 saturated carbocycles. The second-order valence-corrected chi connectivity index (χ2v) is 8.73. The average molecular weight is 465 g/mol. The van der Waals surface area contributed by atoms with Crippen molar-refractivity contribution < 1.29 is 18.8 Å². The Balaban J connectivity index is 1.39. The SMILES string of the molecule is CN1C(=O)SC(Cc2ccc(NC(=O)C=Cc3cnn(C)c3-c3ccc(F)cc3)cc2)C1=O. The highest BCUT2D eigenvalue weighted by molar-refractivity contribution is 8.15. The van der Waals surface area contributed by atoms with E-state index in [-0.39, 0.29) is 22.9 Å². The molecule has 0 bridgehead atoms. The van der Waals surface area contributed by atoms with E-state index in [1.807, 2.05) is 12.1 Å². The number of amides is 3. The molecule has 2 heterocycles. The molecule has 1 aliphatic heterocycles. The third kappa shape index (κ3) is 5.04. The van der Waals surface area contributed by atoms with Crippen LogP contribution in [0.3, 0.4) is 0 Å². The fraction of sp³-hybridized carbons (Fsp3) is 0.167. The van der Waals surface area contributed by atoms with Gasteiger partial charge in [0.2, 0.25) is 11.8 Å². The molecular weight excluding hydrogens is 443 g/mol. The van der Waals surface area contributed by atoms with Crippen molar-refractivity contribution >= 4 is 40.6 Å². The van der Waals surface area contributed by atoms with E-state index in [1.54, 1.807) is 48.3 Å². The predicted molar refractivity (Wildman–Crippen MR) is 126 cm³/mol. The van der Waals surface area contributed by atoms with Crippen LogP contribution in [-0.2, 0) is 23.1 Å². The second kappa shape index (κ2) is 9.41. The maximum absolute atomic E-state index is 13.2. The minimum absolute atomic E-state index is 0.192. The molecule has 0 radical (unpaired) electrons. The third-order valence-electron chi connectivity index (χ3n) is 5.26. The van der Waals surface area contributed by atoms with Gasteiger partial charge < -0.3 is 5.32 Å². The van der Waals surface area contributed by atoms with Crippen molar-refractivity contribution in [3.63, 3.8) is 0 Å². The number of carbonyl (C=O) groups is 3. The molecule has 1 aliphatic rings. The van der Waals surface area contributed by atoms with Crippen LogP contribution in [0, 0.1) is 5.82 Å². The Labute approximate surface area is 194 Å². The van der Waals surface area contributed by atoms with Crippen LogP contribution in [0.25, 0.3) is 17.3 Å². The number of hydrogen-bond donors (Lipinski definition) is 1. The number of halogens is 1. The molecule has 1 N–H and O–H groups in total. The van der Waals surface area contributed by atoms with E-state index in [1.165, 1.54) is 25.3 Å². The highest BCUT2D eigenvalue weighted by Crippen LogP contribution is 2.28. The average Bonchev–Trinajstić information content (AvgIpc) is 3.28. The molecule has 4 rings (SSSR count). The zero-order chi connectivity index (χ0) is 23.5. The van der Waals surface area contributed by atoms with Crippen molar-refractivity contribution in [2.75, 3.05) is 12.4 Å². The molecule has 1 aromatic heterocycles. The first-order valence-corrected chi connectivity index (χ1v) is 11.0. The Hall–Kier alpha value is -3.72. The van der Waals surface area contributed by atoms with Crippen molar-refractivity contribution in [3.8, 4) is 11.3 Å². The minimum atomic E-state index is -0.416. The van der Waals surface area contributed by atoms with Crippen LogP contribution in [0.4, 0.5) is 14.9 Å². The molecule has 0 aliphatic carbocycles. The summed E-state index contributed by atoms with van der Waals surface area (Å²) in [5, 5.41) is 6.37. The fourth-order valence-corrected chi connectivity index (χ4v) is 4.54. The lowest BCUT2D eigenvalue weighted by Gasteiger charge is -2.08. The summed E-state index contributed by atoms with van der Waals surface area (Å²) in [7, 11) is 3.27. The number of thioether (sulfide) groups is 1. The quantitative estimate of drug-likeness (QED) is 0.555. The first-order chi connectivity index (χ1) is 15.8. The number of hydrogen-bond acceptors (Lipinski definition) is 5. The molecular formula is C24H21FN4O3S. The van der Waals surface area contributed by atoms with Crippen molar-refractivity contribution in [3.05, 3.63) is 77.7 Å². The van der Waals surface area contributed by atoms with Crippen molar-refractivity contribution in [1.82, 2.24) is 14.7 Å². The molecule has 9 heteroatoms. The topological polar surface area (TPSA) is 84.3 Å². The van der Waals surface area contributed by atoms with Crippen molar-refractivity contribution in [2.45, 2.75) is 11.7 Å². The van der Waals surface area contributed by atoms with E-state index in [0.29, 0.717) is 12.1 Å². The number of carbonyl (C=O) groups excluding carboxylic acids is 3. The van der Waals surface area contributed by atoms with Gasteiger partial charge in [-0.25, -0.2) is 4.39 Å². The normalized spacial score (nSPS) is 16.1. The summed E-state index contributed by atoms with van der Waals surface area (Å²) in [5.41, 5.74) is 3.80. The number of nitrogens with zero attached hydrogens (tertiary/aromatic N) is 3. The lowest BCUT2D eigenvalue weighted by Crippen LogP contribution is -2.28. The molecule has 2 aromatic carbocycles. The Morgan fingerprint density at radius 2 is 1.82 bits per heavy atom. The minimum Gasteiger partial charge on any atom is -0.323 e. The fourth-order valence-electron chi connectivity index (χ4n) is 3.51.